The number of fused-ring (bicyclic) bond motifs is 4. The maximum Gasteiger partial charge on any atom is 0.115 e. The molecule has 0 saturated carbocycles. The molecule has 2 nitrogen and oxygen atoms in total. The largest absolute Gasteiger partial charge is 0.508 e. The van der Waals surface area contributed by atoms with Crippen LogP contribution in [0.1, 0.15) is 30.9 Å². The van der Waals surface area contributed by atoms with Gasteiger partial charge in [-0.25, -0.2) is 0 Å². The normalized spacial score (nSPS) is 31.1. The molecular weight excluding hydrogens is 290 g/mol. The van der Waals surface area contributed by atoms with Gasteiger partial charge in [0.2, 0.25) is 0 Å². The molecule has 1 aromatic rings. The van der Waals surface area contributed by atoms with E-state index in [1.807, 2.05) is 12.1 Å². The smallest absolute Gasteiger partial charge is 0.115 e. The fourth-order valence-electron chi connectivity index (χ4n) is 3.77. The van der Waals surface area contributed by atoms with Crippen molar-refractivity contribution in [2.24, 2.45) is 5.92 Å². The Hall–Kier alpha value is -0.540. The van der Waals surface area contributed by atoms with Crippen LogP contribution in [0.15, 0.2) is 18.2 Å². The molecule has 1 N–H and O–H groups in total. The van der Waals surface area contributed by atoms with E-state index in [2.05, 4.69) is 24.9 Å². The molecule has 0 radical (unpaired) electrons. The Balaban J connectivity index is 0.00000120. The lowest BCUT2D eigenvalue weighted by molar-refractivity contribution is 0.289. The number of hydrogen-bond donors (Lipinski definition) is 1. The zero-order valence-electron chi connectivity index (χ0n) is 11.1. The van der Waals surface area contributed by atoms with Crippen LogP contribution in [0.2, 0.25) is 0 Å². The van der Waals surface area contributed by atoms with Crippen molar-refractivity contribution in [3.63, 3.8) is 0 Å². The van der Waals surface area contributed by atoms with Gasteiger partial charge in [-0.2, -0.15) is 0 Å². The summed E-state index contributed by atoms with van der Waals surface area (Å²) < 4.78 is 0. The van der Waals surface area contributed by atoms with E-state index in [4.69, 9.17) is 0 Å². The van der Waals surface area contributed by atoms with Crippen molar-refractivity contribution in [3.8, 4) is 5.75 Å². The summed E-state index contributed by atoms with van der Waals surface area (Å²) in [6.07, 6.45) is 3.65. The molecule has 1 heterocycles. The van der Waals surface area contributed by atoms with Crippen molar-refractivity contribution >= 4 is 17.0 Å². The molecule has 1 saturated heterocycles. The Bertz CT molecular complexity index is 448. The van der Waals surface area contributed by atoms with Crippen LogP contribution < -0.4 is 0 Å². The lowest BCUT2D eigenvalue weighted by Gasteiger charge is -2.38. The van der Waals surface area contributed by atoms with Gasteiger partial charge in [0.05, 0.1) is 0 Å². The van der Waals surface area contributed by atoms with E-state index < -0.39 is 0 Å². The third kappa shape index (κ3) is 2.30. The molecule has 0 unspecified atom stereocenters. The number of nitrogens with zero attached hydrogens (tertiary/aromatic N) is 1. The van der Waals surface area contributed by atoms with E-state index >= 15 is 0 Å². The third-order valence-corrected chi connectivity index (χ3v) is 4.61. The predicted molar refractivity (Wildman–Crippen MR) is 79.7 cm³/mol. The second-order valence-electron chi connectivity index (χ2n) is 6.19. The minimum Gasteiger partial charge on any atom is -0.508 e. The molecule has 0 spiro atoms. The maximum absolute atomic E-state index is 9.71. The van der Waals surface area contributed by atoms with Crippen molar-refractivity contribution < 1.29 is 5.11 Å². The molecule has 2 aliphatic rings. The van der Waals surface area contributed by atoms with Gasteiger partial charge in [-0.05, 0) is 67.4 Å². The van der Waals surface area contributed by atoms with Gasteiger partial charge in [-0.3, -0.25) is 0 Å². The Morgan fingerprint density at radius 2 is 2.17 bits per heavy atom. The number of hydrogen-bond acceptors (Lipinski definition) is 2. The van der Waals surface area contributed by atoms with Crippen molar-refractivity contribution in [2.45, 2.75) is 31.6 Å². The first-order valence-corrected chi connectivity index (χ1v) is 6.58. The van der Waals surface area contributed by atoms with Crippen molar-refractivity contribution in [1.29, 1.82) is 0 Å². The zero-order chi connectivity index (χ0) is 12.0. The number of phenolic OH excluding ortho intramolecular Hbond substituents is 1. The van der Waals surface area contributed by atoms with Gasteiger partial charge in [0, 0.05) is 6.54 Å². The Morgan fingerprint density at radius 3 is 2.94 bits per heavy atom. The fourth-order valence-corrected chi connectivity index (χ4v) is 3.77. The number of benzene rings is 1. The number of aromatic hydroxyl groups is 1. The van der Waals surface area contributed by atoms with Crippen LogP contribution in [0, 0.1) is 5.92 Å². The highest BCUT2D eigenvalue weighted by molar-refractivity contribution is 8.93. The first-order valence-electron chi connectivity index (χ1n) is 6.58. The summed E-state index contributed by atoms with van der Waals surface area (Å²) >= 11 is 0. The summed E-state index contributed by atoms with van der Waals surface area (Å²) in [5.74, 6) is 1.20. The highest BCUT2D eigenvalue weighted by Gasteiger charge is 2.39. The molecule has 0 amide bonds. The molecule has 1 aromatic carbocycles. The molecule has 100 valence electrons. The molecule has 2 bridgehead atoms. The standard InChI is InChI=1S/C15H21NO.BrH/c1-15-5-6-16(2)10-11(9-15)7-12-3-4-13(17)8-14(12)15;/h3-4,8,11,17H,5-7,9-10H2,1-2H3;1H/t11-,15+;/m0./s1. The van der Waals surface area contributed by atoms with Crippen LogP contribution in [0.25, 0.3) is 0 Å². The average Bonchev–Trinajstić information content (AvgIpc) is 2.39. The quantitative estimate of drug-likeness (QED) is 0.795. The Labute approximate surface area is 120 Å². The number of rotatable bonds is 0. The number of phenols is 1. The Kier molecular flexibility index (Phi) is 3.75. The van der Waals surface area contributed by atoms with Crippen LogP contribution in [-0.4, -0.2) is 30.1 Å². The molecule has 3 rings (SSSR count). The van der Waals surface area contributed by atoms with E-state index in [0.717, 1.165) is 5.92 Å². The van der Waals surface area contributed by atoms with Crippen LogP contribution in [0.4, 0.5) is 0 Å². The molecule has 2 atom stereocenters. The topological polar surface area (TPSA) is 23.5 Å². The third-order valence-electron chi connectivity index (χ3n) is 4.61. The Morgan fingerprint density at radius 1 is 1.39 bits per heavy atom. The highest BCUT2D eigenvalue weighted by atomic mass is 79.9. The van der Waals surface area contributed by atoms with Crippen LogP contribution in [-0.2, 0) is 11.8 Å². The van der Waals surface area contributed by atoms with E-state index in [1.165, 1.54) is 43.5 Å². The lowest BCUT2D eigenvalue weighted by Crippen LogP contribution is -2.32. The van der Waals surface area contributed by atoms with Crippen molar-refractivity contribution in [2.75, 3.05) is 20.1 Å². The van der Waals surface area contributed by atoms with Gasteiger partial charge >= 0.3 is 0 Å². The fraction of sp³-hybridized carbons (Fsp3) is 0.600. The molecule has 18 heavy (non-hydrogen) atoms. The van der Waals surface area contributed by atoms with Crippen molar-refractivity contribution in [3.05, 3.63) is 29.3 Å². The predicted octanol–water partition coefficient (Wildman–Crippen LogP) is 3.13. The summed E-state index contributed by atoms with van der Waals surface area (Å²) in [4.78, 5) is 2.46. The average molecular weight is 312 g/mol. The molecule has 3 heteroatoms. The van der Waals surface area contributed by atoms with E-state index in [0.29, 0.717) is 5.75 Å². The second-order valence-corrected chi connectivity index (χ2v) is 6.19. The van der Waals surface area contributed by atoms with Crippen LogP contribution >= 0.6 is 17.0 Å². The van der Waals surface area contributed by atoms with E-state index in [9.17, 15) is 5.11 Å². The number of halogens is 1. The SMILES string of the molecule is Br.CN1CC[C@]2(C)C[C@H](Cc3ccc(O)cc32)C1. The highest BCUT2D eigenvalue weighted by Crippen LogP contribution is 2.45. The monoisotopic (exact) mass is 311 g/mol. The van der Waals surface area contributed by atoms with E-state index in [1.54, 1.807) is 0 Å². The minimum absolute atomic E-state index is 0. The molecular formula is C15H22BrNO. The summed E-state index contributed by atoms with van der Waals surface area (Å²) in [6.45, 7) is 4.76. The first-order chi connectivity index (χ1) is 8.07. The maximum atomic E-state index is 9.71. The summed E-state index contributed by atoms with van der Waals surface area (Å²) in [6, 6.07) is 5.96. The molecule has 1 fully saturated rings. The molecule has 0 aromatic heterocycles. The van der Waals surface area contributed by atoms with Gasteiger partial charge in [0.25, 0.3) is 0 Å². The van der Waals surface area contributed by atoms with Gasteiger partial charge in [0.15, 0.2) is 0 Å². The summed E-state index contributed by atoms with van der Waals surface area (Å²) in [5.41, 5.74) is 3.11. The van der Waals surface area contributed by atoms with Crippen LogP contribution in [0.3, 0.4) is 0 Å². The summed E-state index contributed by atoms with van der Waals surface area (Å²) in [5, 5.41) is 9.71. The number of likely N-dealkylation sites (tertiary alicyclic amines) is 1. The lowest BCUT2D eigenvalue weighted by atomic mass is 9.66. The van der Waals surface area contributed by atoms with Gasteiger partial charge in [-0.1, -0.05) is 13.0 Å². The zero-order valence-corrected chi connectivity index (χ0v) is 12.9. The van der Waals surface area contributed by atoms with Gasteiger partial charge in [0.1, 0.15) is 5.75 Å². The van der Waals surface area contributed by atoms with Gasteiger partial charge < -0.3 is 10.0 Å². The van der Waals surface area contributed by atoms with E-state index in [-0.39, 0.29) is 22.4 Å². The second kappa shape index (κ2) is 4.86. The van der Waals surface area contributed by atoms with Crippen LogP contribution in [0.5, 0.6) is 5.75 Å². The van der Waals surface area contributed by atoms with Crippen molar-refractivity contribution in [1.82, 2.24) is 4.90 Å². The summed E-state index contributed by atoms with van der Waals surface area (Å²) in [7, 11) is 2.23. The van der Waals surface area contributed by atoms with Gasteiger partial charge in [-0.15, -0.1) is 17.0 Å². The molecule has 1 aliphatic carbocycles. The minimum atomic E-state index is 0. The first kappa shape index (κ1) is 13.9. The molecule has 1 aliphatic heterocycles.